The van der Waals surface area contributed by atoms with Gasteiger partial charge in [-0.3, -0.25) is 9.59 Å². The minimum atomic E-state index is -0.370. The van der Waals surface area contributed by atoms with E-state index in [1.54, 1.807) is 18.2 Å². The summed E-state index contributed by atoms with van der Waals surface area (Å²) in [4.78, 5) is 25.1. The van der Waals surface area contributed by atoms with Gasteiger partial charge in [0.1, 0.15) is 5.75 Å². The summed E-state index contributed by atoms with van der Waals surface area (Å²) in [6, 6.07) is 9.37. The zero-order chi connectivity index (χ0) is 15.0. The van der Waals surface area contributed by atoms with E-state index in [2.05, 4.69) is 5.32 Å². The molecule has 0 heterocycles. The number of fused-ring (bicyclic) bond motifs is 2. The van der Waals surface area contributed by atoms with Crippen LogP contribution >= 0.6 is 0 Å². The molecule has 0 aliphatic heterocycles. The van der Waals surface area contributed by atoms with Gasteiger partial charge in [-0.05, 0) is 12.1 Å². The third-order valence-electron chi connectivity index (χ3n) is 3.48. The van der Waals surface area contributed by atoms with E-state index in [1.807, 2.05) is 0 Å². The van der Waals surface area contributed by atoms with E-state index in [-0.39, 0.29) is 52.7 Å². The lowest BCUT2D eigenvalue weighted by molar-refractivity contribution is 0.0977. The highest BCUT2D eigenvalue weighted by Crippen LogP contribution is 2.35. The fourth-order valence-electron chi connectivity index (χ4n) is 2.56. The second kappa shape index (κ2) is 5.03. The van der Waals surface area contributed by atoms with E-state index < -0.39 is 0 Å². The Morgan fingerprint density at radius 3 is 2.24 bits per heavy atom. The van der Waals surface area contributed by atoms with Crippen LogP contribution in [0, 0.1) is 0 Å². The van der Waals surface area contributed by atoms with Gasteiger partial charge >= 0.3 is 0 Å². The van der Waals surface area contributed by atoms with Crippen molar-refractivity contribution in [2.75, 3.05) is 18.5 Å². The topological polar surface area (TPSA) is 86.6 Å². The Labute approximate surface area is 120 Å². The number of ketones is 2. The molecule has 0 saturated carbocycles. The first-order valence-corrected chi connectivity index (χ1v) is 6.54. The largest absolute Gasteiger partial charge is 0.507 e. The number of nitrogens with one attached hydrogen (secondary N) is 1. The van der Waals surface area contributed by atoms with Crippen LogP contribution in [0.25, 0.3) is 0 Å². The highest BCUT2D eigenvalue weighted by atomic mass is 16.3. The number of carbonyl (C=O) groups excluding carboxylic acids is 2. The second-order valence-electron chi connectivity index (χ2n) is 4.74. The average molecular weight is 283 g/mol. The van der Waals surface area contributed by atoms with Crippen LogP contribution in [0.5, 0.6) is 5.75 Å². The molecule has 0 spiro atoms. The summed E-state index contributed by atoms with van der Waals surface area (Å²) < 4.78 is 0. The molecule has 0 amide bonds. The van der Waals surface area contributed by atoms with Crippen LogP contribution < -0.4 is 5.32 Å². The Kier molecular flexibility index (Phi) is 3.19. The first kappa shape index (κ1) is 13.3. The number of carbonyl (C=O) groups is 2. The maximum absolute atomic E-state index is 12.6. The van der Waals surface area contributed by atoms with Crippen molar-refractivity contribution in [3.05, 3.63) is 58.7 Å². The number of hydrogen-bond donors (Lipinski definition) is 3. The molecule has 0 fully saturated rings. The lowest BCUT2D eigenvalue weighted by Crippen LogP contribution is -2.23. The van der Waals surface area contributed by atoms with Crippen LogP contribution in [-0.2, 0) is 0 Å². The minimum Gasteiger partial charge on any atom is -0.507 e. The van der Waals surface area contributed by atoms with E-state index in [4.69, 9.17) is 5.11 Å². The summed E-state index contributed by atoms with van der Waals surface area (Å²) in [7, 11) is 0. The van der Waals surface area contributed by atoms with Gasteiger partial charge < -0.3 is 15.5 Å². The molecular weight excluding hydrogens is 270 g/mol. The molecule has 0 saturated heterocycles. The quantitative estimate of drug-likeness (QED) is 0.679. The molecule has 106 valence electrons. The van der Waals surface area contributed by atoms with Crippen molar-refractivity contribution < 1.29 is 19.8 Å². The van der Waals surface area contributed by atoms with E-state index in [0.717, 1.165) is 0 Å². The molecule has 1 aliphatic carbocycles. The molecule has 5 nitrogen and oxygen atoms in total. The number of benzene rings is 2. The monoisotopic (exact) mass is 283 g/mol. The molecule has 0 radical (unpaired) electrons. The summed E-state index contributed by atoms with van der Waals surface area (Å²) >= 11 is 0. The Morgan fingerprint density at radius 2 is 1.52 bits per heavy atom. The van der Waals surface area contributed by atoms with Crippen molar-refractivity contribution in [2.24, 2.45) is 0 Å². The summed E-state index contributed by atoms with van der Waals surface area (Å²) in [6.45, 7) is 0.202. The Bertz CT molecular complexity index is 752. The molecule has 3 N–H and O–H groups in total. The molecule has 5 heteroatoms. The van der Waals surface area contributed by atoms with Gasteiger partial charge in [-0.2, -0.15) is 0 Å². The van der Waals surface area contributed by atoms with Gasteiger partial charge in [0.05, 0.1) is 17.7 Å². The Balaban J connectivity index is 2.21. The van der Waals surface area contributed by atoms with Crippen LogP contribution in [-0.4, -0.2) is 34.9 Å². The third-order valence-corrected chi connectivity index (χ3v) is 3.48. The van der Waals surface area contributed by atoms with Gasteiger partial charge in [0.25, 0.3) is 0 Å². The van der Waals surface area contributed by atoms with Gasteiger partial charge in [-0.1, -0.05) is 24.3 Å². The maximum Gasteiger partial charge on any atom is 0.198 e. The van der Waals surface area contributed by atoms with Gasteiger partial charge in [-0.15, -0.1) is 0 Å². The zero-order valence-corrected chi connectivity index (χ0v) is 11.1. The fraction of sp³-hybridized carbons (Fsp3) is 0.125. The number of phenolic OH excluding ortho intramolecular Hbond substituents is 1. The molecule has 0 atom stereocenters. The normalized spacial score (nSPS) is 12.8. The molecule has 2 aromatic carbocycles. The highest BCUT2D eigenvalue weighted by molar-refractivity contribution is 6.30. The van der Waals surface area contributed by atoms with E-state index in [1.165, 1.54) is 18.2 Å². The number of rotatable bonds is 3. The minimum absolute atomic E-state index is 0.0503. The van der Waals surface area contributed by atoms with Crippen molar-refractivity contribution in [1.82, 2.24) is 0 Å². The molecule has 3 rings (SSSR count). The number of aliphatic hydroxyl groups is 1. The van der Waals surface area contributed by atoms with Crippen molar-refractivity contribution in [3.63, 3.8) is 0 Å². The van der Waals surface area contributed by atoms with Gasteiger partial charge in [0.2, 0.25) is 0 Å². The number of aliphatic hydroxyl groups excluding tert-OH is 1. The summed E-state index contributed by atoms with van der Waals surface area (Å²) in [6.07, 6.45) is 0. The molecule has 1 aliphatic rings. The first-order chi connectivity index (χ1) is 10.1. The molecule has 0 aromatic heterocycles. The van der Waals surface area contributed by atoms with Gasteiger partial charge in [-0.25, -0.2) is 0 Å². The van der Waals surface area contributed by atoms with Crippen molar-refractivity contribution >= 4 is 17.3 Å². The van der Waals surface area contributed by atoms with Gasteiger partial charge in [0, 0.05) is 23.4 Å². The molecule has 2 aromatic rings. The van der Waals surface area contributed by atoms with Crippen molar-refractivity contribution in [1.29, 1.82) is 0 Å². The number of anilines is 1. The maximum atomic E-state index is 12.6. The smallest absolute Gasteiger partial charge is 0.198 e. The van der Waals surface area contributed by atoms with Crippen LogP contribution in [0.4, 0.5) is 5.69 Å². The van der Waals surface area contributed by atoms with Crippen LogP contribution in [0.1, 0.15) is 31.8 Å². The first-order valence-electron chi connectivity index (χ1n) is 6.54. The molecule has 0 unspecified atom stereocenters. The van der Waals surface area contributed by atoms with Crippen LogP contribution in [0.2, 0.25) is 0 Å². The highest BCUT2D eigenvalue weighted by Gasteiger charge is 2.33. The Morgan fingerprint density at radius 1 is 0.905 bits per heavy atom. The third kappa shape index (κ3) is 1.98. The van der Waals surface area contributed by atoms with E-state index in [0.29, 0.717) is 5.69 Å². The fourth-order valence-corrected chi connectivity index (χ4v) is 2.56. The lowest BCUT2D eigenvalue weighted by atomic mass is 9.83. The lowest BCUT2D eigenvalue weighted by Gasteiger charge is -2.21. The molecule has 0 bridgehead atoms. The Hall–Kier alpha value is -2.66. The average Bonchev–Trinajstić information content (AvgIpc) is 2.50. The predicted molar refractivity (Wildman–Crippen MR) is 77.0 cm³/mol. The standard InChI is InChI=1S/C16H13NO4/c18-8-7-17-11-5-1-3-9-13(11)15(20)10-4-2-6-12(19)14(10)16(9)21/h1-6,17-19H,7-8H2. The van der Waals surface area contributed by atoms with Crippen LogP contribution in [0.15, 0.2) is 36.4 Å². The number of hydrogen-bond acceptors (Lipinski definition) is 5. The number of aromatic hydroxyl groups is 1. The SMILES string of the molecule is O=C1c2cccc(NCCO)c2C(=O)c2cccc(O)c21. The van der Waals surface area contributed by atoms with E-state index in [9.17, 15) is 14.7 Å². The molecular formula is C16H13NO4. The predicted octanol–water partition coefficient (Wildman–Crippen LogP) is 1.57. The molecule has 21 heavy (non-hydrogen) atoms. The second-order valence-corrected chi connectivity index (χ2v) is 4.74. The summed E-state index contributed by atoms with van der Waals surface area (Å²) in [5.41, 5.74) is 1.31. The van der Waals surface area contributed by atoms with Crippen molar-refractivity contribution in [3.8, 4) is 5.75 Å². The zero-order valence-electron chi connectivity index (χ0n) is 11.1. The summed E-state index contributed by atoms with van der Waals surface area (Å²) in [5, 5.41) is 21.7. The van der Waals surface area contributed by atoms with Crippen LogP contribution in [0.3, 0.4) is 0 Å². The van der Waals surface area contributed by atoms with Crippen molar-refractivity contribution in [2.45, 2.75) is 0 Å². The summed E-state index contributed by atoms with van der Waals surface area (Å²) in [5.74, 6) is -0.868. The number of phenols is 1. The van der Waals surface area contributed by atoms with Gasteiger partial charge in [0.15, 0.2) is 11.6 Å². The van der Waals surface area contributed by atoms with E-state index >= 15 is 0 Å².